The lowest BCUT2D eigenvalue weighted by Gasteiger charge is -2.26. The molecule has 7 nitrogen and oxygen atoms in total. The summed E-state index contributed by atoms with van der Waals surface area (Å²) in [4.78, 5) is 9.95. The van der Waals surface area contributed by atoms with Crippen LogP contribution in [0.25, 0.3) is 22.4 Å². The molecule has 0 bridgehead atoms. The average molecular weight is 404 g/mol. The van der Waals surface area contributed by atoms with Crippen LogP contribution in [0, 0.1) is 11.6 Å². The third-order valence-corrected chi connectivity index (χ3v) is 5.23. The third kappa shape index (κ3) is 4.51. The summed E-state index contributed by atoms with van der Waals surface area (Å²) < 4.78 is 28.9. The fourth-order valence-corrected chi connectivity index (χ4v) is 3.10. The van der Waals surface area contributed by atoms with Crippen LogP contribution in [0.5, 0.6) is 0 Å². The summed E-state index contributed by atoms with van der Waals surface area (Å²) in [6.07, 6.45) is 2.90. The van der Waals surface area contributed by atoms with Crippen molar-refractivity contribution in [3.8, 4) is 11.4 Å². The highest BCUT2D eigenvalue weighted by Gasteiger charge is 2.22. The molecular weight excluding hydrogens is 378 g/mol. The minimum Gasteiger partial charge on any atom is -0.389 e. The summed E-state index contributed by atoms with van der Waals surface area (Å²) in [6.45, 7) is 5.27. The highest BCUT2D eigenvalue weighted by atomic mass is 19.1. The van der Waals surface area contributed by atoms with Gasteiger partial charge in [-0.3, -0.25) is 5.10 Å². The quantitative estimate of drug-likeness (QED) is 0.475. The zero-order valence-electron chi connectivity index (χ0n) is 16.8. The number of aliphatic hydroxyl groups is 1. The van der Waals surface area contributed by atoms with E-state index in [0.29, 0.717) is 43.5 Å². The predicted molar refractivity (Wildman–Crippen MR) is 109 cm³/mol. The molecule has 0 spiro atoms. The van der Waals surface area contributed by atoms with E-state index in [9.17, 15) is 13.9 Å². The Hall–Kier alpha value is -2.65. The van der Waals surface area contributed by atoms with E-state index in [1.807, 2.05) is 13.8 Å². The Kier molecular flexibility index (Phi) is 6.39. The lowest BCUT2D eigenvalue weighted by atomic mass is 9.98. The van der Waals surface area contributed by atoms with Gasteiger partial charge in [-0.05, 0) is 25.0 Å². The summed E-state index contributed by atoms with van der Waals surface area (Å²) in [5.74, 6) is -1.50. The van der Waals surface area contributed by atoms with E-state index in [-0.39, 0.29) is 17.2 Å². The topological polar surface area (TPSA) is 90.0 Å². The molecule has 0 aliphatic rings. The Morgan fingerprint density at radius 2 is 1.97 bits per heavy atom. The molecule has 3 heterocycles. The molecule has 0 aliphatic heterocycles. The number of nitrogens with one attached hydrogen (secondary N) is 2. The Morgan fingerprint density at radius 3 is 2.69 bits per heavy atom. The molecule has 29 heavy (non-hydrogen) atoms. The molecule has 0 saturated carbocycles. The number of aromatic nitrogens is 4. The van der Waals surface area contributed by atoms with E-state index in [0.717, 1.165) is 6.07 Å². The van der Waals surface area contributed by atoms with E-state index >= 15 is 0 Å². The number of hydrogen-bond acceptors (Lipinski definition) is 6. The molecule has 3 rings (SSSR count). The first kappa shape index (κ1) is 21.1. The molecule has 3 N–H and O–H groups in total. The molecule has 0 fully saturated rings. The van der Waals surface area contributed by atoms with Crippen molar-refractivity contribution < 1.29 is 13.9 Å². The highest BCUT2D eigenvalue weighted by molar-refractivity contribution is 5.89. The standard InChI is InChI=1S/C20H26F2N6O/c1-4-20(29,5-2)12-23-9-10-28(3)19-15(22)11-14(21)17(25-19)16-13-7-6-8-24-18(13)27-26-16/h6-8,11,23,29H,4-5,9-10,12H2,1-3H3,(H,24,26,27). The normalized spacial score (nSPS) is 11.9. The van der Waals surface area contributed by atoms with Crippen molar-refractivity contribution in [3.63, 3.8) is 0 Å². The number of hydrogen-bond donors (Lipinski definition) is 3. The number of H-pyrrole nitrogens is 1. The number of fused-ring (bicyclic) bond motifs is 1. The number of halogens is 2. The van der Waals surface area contributed by atoms with Crippen molar-refractivity contribution in [2.75, 3.05) is 31.6 Å². The molecule has 0 aliphatic carbocycles. The highest BCUT2D eigenvalue weighted by Crippen LogP contribution is 2.29. The van der Waals surface area contributed by atoms with Crippen molar-refractivity contribution in [1.82, 2.24) is 25.5 Å². The van der Waals surface area contributed by atoms with Crippen molar-refractivity contribution >= 4 is 16.9 Å². The van der Waals surface area contributed by atoms with Crippen LogP contribution in [0.2, 0.25) is 0 Å². The summed E-state index contributed by atoms with van der Waals surface area (Å²) in [5, 5.41) is 20.9. The van der Waals surface area contributed by atoms with E-state index < -0.39 is 17.2 Å². The first-order valence-corrected chi connectivity index (χ1v) is 9.68. The maximum absolute atomic E-state index is 14.5. The second-order valence-electron chi connectivity index (χ2n) is 7.13. The molecule has 0 unspecified atom stereocenters. The van der Waals surface area contributed by atoms with Crippen molar-refractivity contribution in [2.24, 2.45) is 0 Å². The minimum absolute atomic E-state index is 0.0319. The van der Waals surface area contributed by atoms with Crippen molar-refractivity contribution in [1.29, 1.82) is 0 Å². The van der Waals surface area contributed by atoms with Gasteiger partial charge >= 0.3 is 0 Å². The SMILES string of the molecule is CCC(O)(CC)CNCCN(C)c1nc(-c2n[nH]c3ncccc23)c(F)cc1F. The van der Waals surface area contributed by atoms with Gasteiger partial charge in [-0.2, -0.15) is 5.10 Å². The van der Waals surface area contributed by atoms with Crippen LogP contribution in [-0.2, 0) is 0 Å². The van der Waals surface area contributed by atoms with E-state index in [2.05, 4.69) is 25.5 Å². The first-order chi connectivity index (χ1) is 13.9. The summed E-state index contributed by atoms with van der Waals surface area (Å²) in [6, 6.07) is 4.29. The van der Waals surface area contributed by atoms with E-state index in [1.165, 1.54) is 0 Å². The number of likely N-dealkylation sites (N-methyl/N-ethyl adjacent to an activating group) is 1. The van der Waals surface area contributed by atoms with Crippen LogP contribution in [0.3, 0.4) is 0 Å². The third-order valence-electron chi connectivity index (χ3n) is 5.23. The number of rotatable bonds is 9. The number of pyridine rings is 2. The molecule has 0 radical (unpaired) electrons. The second kappa shape index (κ2) is 8.79. The van der Waals surface area contributed by atoms with Crippen LogP contribution in [0.15, 0.2) is 24.4 Å². The fourth-order valence-electron chi connectivity index (χ4n) is 3.10. The molecular formula is C20H26F2N6O. The van der Waals surface area contributed by atoms with Gasteiger partial charge in [0.15, 0.2) is 23.1 Å². The average Bonchev–Trinajstić information content (AvgIpc) is 3.15. The van der Waals surface area contributed by atoms with Crippen LogP contribution < -0.4 is 10.2 Å². The Labute approximate surface area is 168 Å². The van der Waals surface area contributed by atoms with Crippen molar-refractivity contribution in [3.05, 3.63) is 36.0 Å². The van der Waals surface area contributed by atoms with Gasteiger partial charge in [0.2, 0.25) is 0 Å². The van der Waals surface area contributed by atoms with Gasteiger partial charge in [-0.15, -0.1) is 0 Å². The summed E-state index contributed by atoms with van der Waals surface area (Å²) in [5.41, 5.74) is 0.00719. The monoisotopic (exact) mass is 404 g/mol. The first-order valence-electron chi connectivity index (χ1n) is 9.68. The summed E-state index contributed by atoms with van der Waals surface area (Å²) >= 11 is 0. The van der Waals surface area contributed by atoms with Crippen LogP contribution >= 0.6 is 0 Å². The molecule has 0 amide bonds. The predicted octanol–water partition coefficient (Wildman–Crippen LogP) is 2.88. The molecule has 3 aromatic rings. The van der Waals surface area contributed by atoms with E-state index in [1.54, 1.807) is 30.3 Å². The van der Waals surface area contributed by atoms with Gasteiger partial charge in [-0.25, -0.2) is 18.7 Å². The second-order valence-corrected chi connectivity index (χ2v) is 7.13. The zero-order chi connectivity index (χ0) is 21.0. The van der Waals surface area contributed by atoms with Crippen molar-refractivity contribution in [2.45, 2.75) is 32.3 Å². The molecule has 0 saturated heterocycles. The van der Waals surface area contributed by atoms with Crippen LogP contribution in [0.4, 0.5) is 14.6 Å². The maximum Gasteiger partial charge on any atom is 0.168 e. The fraction of sp³-hybridized carbons (Fsp3) is 0.450. The zero-order valence-corrected chi connectivity index (χ0v) is 16.8. The van der Waals surface area contributed by atoms with Gasteiger partial charge in [-0.1, -0.05) is 13.8 Å². The number of nitrogens with zero attached hydrogens (tertiary/aromatic N) is 4. The molecule has 3 aromatic heterocycles. The van der Waals surface area contributed by atoms with Gasteiger partial charge in [0.05, 0.1) is 5.60 Å². The summed E-state index contributed by atoms with van der Waals surface area (Å²) in [7, 11) is 1.69. The van der Waals surface area contributed by atoms with E-state index in [4.69, 9.17) is 0 Å². The lowest BCUT2D eigenvalue weighted by molar-refractivity contribution is 0.0330. The molecule has 0 aromatic carbocycles. The Bertz CT molecular complexity index is 973. The van der Waals surface area contributed by atoms with Gasteiger partial charge in [0.1, 0.15) is 11.4 Å². The van der Waals surface area contributed by atoms with Crippen LogP contribution in [-0.4, -0.2) is 57.6 Å². The maximum atomic E-state index is 14.5. The largest absolute Gasteiger partial charge is 0.389 e. The van der Waals surface area contributed by atoms with Gasteiger partial charge < -0.3 is 15.3 Å². The smallest absolute Gasteiger partial charge is 0.168 e. The molecule has 9 heteroatoms. The van der Waals surface area contributed by atoms with Crippen LogP contribution in [0.1, 0.15) is 26.7 Å². The minimum atomic E-state index is -0.786. The van der Waals surface area contributed by atoms with Gasteiger partial charge in [0, 0.05) is 44.3 Å². The number of anilines is 1. The Morgan fingerprint density at radius 1 is 1.21 bits per heavy atom. The molecule has 156 valence electrons. The Balaban J connectivity index is 1.77. The molecule has 0 atom stereocenters. The van der Waals surface area contributed by atoms with Gasteiger partial charge in [0.25, 0.3) is 0 Å². The number of aromatic amines is 1. The lowest BCUT2D eigenvalue weighted by Crippen LogP contribution is -2.42.